The molecule has 1 fully saturated rings. The molecule has 16 heavy (non-hydrogen) atoms. The van der Waals surface area contributed by atoms with Crippen LogP contribution in [0.1, 0.15) is 57.4 Å². The largest absolute Gasteiger partial charge is 0.0843 e. The maximum Gasteiger partial charge on any atom is 0.0408 e. The van der Waals surface area contributed by atoms with Crippen molar-refractivity contribution in [2.75, 3.05) is 0 Å². The Balaban J connectivity index is 2.30. The molecule has 1 aromatic carbocycles. The van der Waals surface area contributed by atoms with E-state index >= 15 is 0 Å². The van der Waals surface area contributed by atoms with Gasteiger partial charge in [-0.05, 0) is 42.4 Å². The smallest absolute Gasteiger partial charge is 0.0408 e. The third kappa shape index (κ3) is 2.43. The Morgan fingerprint density at radius 3 is 2.56 bits per heavy atom. The van der Waals surface area contributed by atoms with Crippen LogP contribution >= 0.6 is 11.6 Å². The molecule has 2 rings (SSSR count). The van der Waals surface area contributed by atoms with E-state index in [1.807, 2.05) is 6.07 Å². The van der Waals surface area contributed by atoms with Gasteiger partial charge in [-0.3, -0.25) is 0 Å². The van der Waals surface area contributed by atoms with E-state index in [0.717, 1.165) is 5.02 Å². The molecule has 0 amide bonds. The summed E-state index contributed by atoms with van der Waals surface area (Å²) in [6.45, 7) is 2.29. The molecule has 0 bridgehead atoms. The molecule has 0 aromatic heterocycles. The molecule has 0 heterocycles. The predicted molar refractivity (Wildman–Crippen MR) is 71.1 cm³/mol. The van der Waals surface area contributed by atoms with Gasteiger partial charge in [0.25, 0.3) is 0 Å². The van der Waals surface area contributed by atoms with Gasteiger partial charge in [0.2, 0.25) is 0 Å². The first-order chi connectivity index (χ1) is 7.77. The van der Waals surface area contributed by atoms with Gasteiger partial charge in [0.1, 0.15) is 0 Å². The highest BCUT2D eigenvalue weighted by Gasteiger charge is 2.32. The zero-order chi connectivity index (χ0) is 11.4. The lowest BCUT2D eigenvalue weighted by Gasteiger charge is -2.38. The average molecular weight is 237 g/mol. The fourth-order valence-corrected chi connectivity index (χ4v) is 3.40. The van der Waals surface area contributed by atoms with Gasteiger partial charge in [0, 0.05) is 5.02 Å². The molecule has 1 heteroatoms. The van der Waals surface area contributed by atoms with Crippen LogP contribution in [0.3, 0.4) is 0 Å². The van der Waals surface area contributed by atoms with Crippen molar-refractivity contribution in [1.82, 2.24) is 0 Å². The first-order valence-electron chi connectivity index (χ1n) is 6.53. The van der Waals surface area contributed by atoms with E-state index in [9.17, 15) is 0 Å². The molecule has 0 nitrogen and oxygen atoms in total. The average Bonchev–Trinajstić information content (AvgIpc) is 2.31. The van der Waals surface area contributed by atoms with Crippen molar-refractivity contribution in [3.63, 3.8) is 0 Å². The molecule has 1 aliphatic carbocycles. The van der Waals surface area contributed by atoms with Gasteiger partial charge in [-0.25, -0.2) is 0 Å². The van der Waals surface area contributed by atoms with Crippen LogP contribution < -0.4 is 0 Å². The van der Waals surface area contributed by atoms with Gasteiger partial charge < -0.3 is 0 Å². The van der Waals surface area contributed by atoms with Crippen LogP contribution in [0.4, 0.5) is 0 Å². The van der Waals surface area contributed by atoms with E-state index in [4.69, 9.17) is 11.6 Å². The van der Waals surface area contributed by atoms with Crippen LogP contribution in [0, 0.1) is 0 Å². The van der Waals surface area contributed by atoms with E-state index in [1.54, 1.807) is 0 Å². The topological polar surface area (TPSA) is 0 Å². The summed E-state index contributed by atoms with van der Waals surface area (Å²) in [5.74, 6) is 0. The Morgan fingerprint density at radius 2 is 1.94 bits per heavy atom. The molecule has 88 valence electrons. The Kier molecular flexibility index (Phi) is 3.91. The third-order valence-electron chi connectivity index (χ3n) is 3.98. The minimum absolute atomic E-state index is 0.428. The highest BCUT2D eigenvalue weighted by molar-refractivity contribution is 6.30. The van der Waals surface area contributed by atoms with Crippen molar-refractivity contribution < 1.29 is 0 Å². The van der Waals surface area contributed by atoms with Crippen LogP contribution in [0.15, 0.2) is 24.3 Å². The van der Waals surface area contributed by atoms with E-state index in [1.165, 1.54) is 50.5 Å². The quantitative estimate of drug-likeness (QED) is 0.664. The van der Waals surface area contributed by atoms with Gasteiger partial charge in [0.05, 0.1) is 0 Å². The summed E-state index contributed by atoms with van der Waals surface area (Å²) in [7, 11) is 0. The van der Waals surface area contributed by atoms with Crippen molar-refractivity contribution in [3.8, 4) is 0 Å². The monoisotopic (exact) mass is 236 g/mol. The molecular formula is C15H21Cl. The lowest BCUT2D eigenvalue weighted by Crippen LogP contribution is -2.28. The van der Waals surface area contributed by atoms with Crippen molar-refractivity contribution >= 4 is 11.6 Å². The fraction of sp³-hybridized carbons (Fsp3) is 0.600. The van der Waals surface area contributed by atoms with Gasteiger partial charge >= 0.3 is 0 Å². The number of halogens is 1. The summed E-state index contributed by atoms with van der Waals surface area (Å²) in [6.07, 6.45) is 9.45. The molecule has 1 aromatic rings. The third-order valence-corrected chi connectivity index (χ3v) is 4.21. The van der Waals surface area contributed by atoms with Crippen LogP contribution in [-0.4, -0.2) is 0 Å². The normalized spacial score (nSPS) is 19.6. The van der Waals surface area contributed by atoms with Crippen molar-refractivity contribution in [2.24, 2.45) is 0 Å². The lowest BCUT2D eigenvalue weighted by molar-refractivity contribution is 0.271. The minimum atomic E-state index is 0.428. The standard InChI is InChI=1S/C15H21Cl/c1-2-9-15(10-4-3-5-11-15)13-7-6-8-14(16)12-13/h6-8,12H,2-5,9-11H2,1H3. The SMILES string of the molecule is CCCC1(c2cccc(Cl)c2)CCCCC1. The minimum Gasteiger partial charge on any atom is -0.0843 e. The van der Waals surface area contributed by atoms with Gasteiger partial charge in [-0.1, -0.05) is 56.3 Å². The van der Waals surface area contributed by atoms with Crippen LogP contribution in [-0.2, 0) is 5.41 Å². The lowest BCUT2D eigenvalue weighted by atomic mass is 9.67. The summed E-state index contributed by atoms with van der Waals surface area (Å²) >= 11 is 6.13. The zero-order valence-electron chi connectivity index (χ0n) is 10.1. The van der Waals surface area contributed by atoms with E-state index in [-0.39, 0.29) is 0 Å². The second-order valence-corrected chi connectivity index (χ2v) is 5.54. The molecule has 0 spiro atoms. The summed E-state index contributed by atoms with van der Waals surface area (Å²) in [5, 5.41) is 0.888. The maximum absolute atomic E-state index is 6.13. The Bertz CT molecular complexity index is 332. The van der Waals surface area contributed by atoms with E-state index in [2.05, 4.69) is 25.1 Å². The van der Waals surface area contributed by atoms with Gasteiger partial charge in [-0.2, -0.15) is 0 Å². The van der Waals surface area contributed by atoms with Gasteiger partial charge in [0.15, 0.2) is 0 Å². The second-order valence-electron chi connectivity index (χ2n) is 5.10. The number of hydrogen-bond donors (Lipinski definition) is 0. The molecular weight excluding hydrogens is 216 g/mol. The predicted octanol–water partition coefficient (Wildman–Crippen LogP) is 5.34. The number of benzene rings is 1. The Labute approximate surface area is 104 Å². The van der Waals surface area contributed by atoms with Crippen LogP contribution in [0.5, 0.6) is 0 Å². The van der Waals surface area contributed by atoms with Crippen LogP contribution in [0.2, 0.25) is 5.02 Å². The summed E-state index contributed by atoms with van der Waals surface area (Å²) in [5.41, 5.74) is 1.90. The van der Waals surface area contributed by atoms with Crippen molar-refractivity contribution in [1.29, 1.82) is 0 Å². The Hall–Kier alpha value is -0.490. The molecule has 0 radical (unpaired) electrons. The van der Waals surface area contributed by atoms with Crippen LogP contribution in [0.25, 0.3) is 0 Å². The molecule has 0 N–H and O–H groups in total. The summed E-state index contributed by atoms with van der Waals surface area (Å²) in [4.78, 5) is 0. The first kappa shape index (κ1) is 12.0. The number of rotatable bonds is 3. The molecule has 0 saturated heterocycles. The fourth-order valence-electron chi connectivity index (χ4n) is 3.21. The summed E-state index contributed by atoms with van der Waals surface area (Å²) < 4.78 is 0. The highest BCUT2D eigenvalue weighted by Crippen LogP contribution is 2.43. The number of hydrogen-bond acceptors (Lipinski definition) is 0. The molecule has 0 atom stereocenters. The summed E-state index contributed by atoms with van der Waals surface area (Å²) in [6, 6.07) is 8.53. The molecule has 0 aliphatic heterocycles. The van der Waals surface area contributed by atoms with Crippen molar-refractivity contribution in [2.45, 2.75) is 57.3 Å². The highest BCUT2D eigenvalue weighted by atomic mass is 35.5. The Morgan fingerprint density at radius 1 is 1.19 bits per heavy atom. The molecule has 1 saturated carbocycles. The van der Waals surface area contributed by atoms with E-state index < -0.39 is 0 Å². The molecule has 0 unspecified atom stereocenters. The molecule has 1 aliphatic rings. The first-order valence-corrected chi connectivity index (χ1v) is 6.91. The zero-order valence-corrected chi connectivity index (χ0v) is 10.9. The maximum atomic E-state index is 6.13. The second kappa shape index (κ2) is 5.23. The van der Waals surface area contributed by atoms with Gasteiger partial charge in [-0.15, -0.1) is 0 Å². The van der Waals surface area contributed by atoms with Crippen molar-refractivity contribution in [3.05, 3.63) is 34.9 Å². The van der Waals surface area contributed by atoms with E-state index in [0.29, 0.717) is 5.41 Å².